The van der Waals surface area contributed by atoms with E-state index in [1.54, 1.807) is 0 Å². The van der Waals surface area contributed by atoms with E-state index in [0.29, 0.717) is 0 Å². The number of pyridine rings is 1. The van der Waals surface area contributed by atoms with Gasteiger partial charge in [-0.05, 0) is 17.7 Å². The second-order valence-electron chi connectivity index (χ2n) is 5.30. The first-order valence-electron chi connectivity index (χ1n) is 5.83. The van der Waals surface area contributed by atoms with Gasteiger partial charge in [0.1, 0.15) is 5.82 Å². The summed E-state index contributed by atoms with van der Waals surface area (Å²) in [5.41, 5.74) is 1.88. The number of hydrogen-bond acceptors (Lipinski definition) is 3. The monoisotopic (exact) mass is 234 g/mol. The Hall–Kier alpha value is -1.35. The quantitative estimate of drug-likeness (QED) is 0.813. The van der Waals surface area contributed by atoms with Gasteiger partial charge >= 0.3 is 0 Å². The normalized spacial score (nSPS) is 11.4. The van der Waals surface area contributed by atoms with Gasteiger partial charge in [0, 0.05) is 24.7 Å². The molecule has 1 N–H and O–H groups in total. The minimum absolute atomic E-state index is 0.0189. The summed E-state index contributed by atoms with van der Waals surface area (Å²) in [6, 6.07) is 3.88. The van der Waals surface area contributed by atoms with Crippen molar-refractivity contribution in [2.75, 3.05) is 18.5 Å². The molecule has 17 heavy (non-hydrogen) atoms. The van der Waals surface area contributed by atoms with Gasteiger partial charge in [0.2, 0.25) is 0 Å². The van der Waals surface area contributed by atoms with Gasteiger partial charge in [0.25, 0.3) is 0 Å². The van der Waals surface area contributed by atoms with Gasteiger partial charge in [0.15, 0.2) is 0 Å². The summed E-state index contributed by atoms with van der Waals surface area (Å²) in [7, 11) is 1.97. The predicted octanol–water partition coefficient (Wildman–Crippen LogP) is 2.49. The van der Waals surface area contributed by atoms with Crippen molar-refractivity contribution in [3.8, 4) is 0 Å². The van der Waals surface area contributed by atoms with Crippen LogP contribution in [-0.4, -0.2) is 23.7 Å². The van der Waals surface area contributed by atoms with Crippen molar-refractivity contribution in [2.24, 2.45) is 0 Å². The van der Waals surface area contributed by atoms with Crippen molar-refractivity contribution in [2.45, 2.75) is 32.8 Å². The van der Waals surface area contributed by atoms with Gasteiger partial charge in [-0.25, -0.2) is 4.98 Å². The maximum Gasteiger partial charge on any atom is 0.129 e. The van der Waals surface area contributed by atoms with Crippen molar-refractivity contribution >= 4 is 5.82 Å². The van der Waals surface area contributed by atoms with Crippen LogP contribution in [0.4, 0.5) is 5.82 Å². The second-order valence-corrected chi connectivity index (χ2v) is 5.30. The van der Waals surface area contributed by atoms with Gasteiger partial charge < -0.3 is 10.0 Å². The van der Waals surface area contributed by atoms with E-state index in [0.717, 1.165) is 23.6 Å². The number of likely N-dealkylation sites (N-methyl/N-ethyl adjacent to an activating group) is 1. The molecule has 0 amide bonds. The molecule has 0 saturated heterocycles. The largest absolute Gasteiger partial charge is 0.392 e. The molecule has 0 saturated carbocycles. The highest BCUT2D eigenvalue weighted by Crippen LogP contribution is 2.24. The Bertz CT molecular complexity index is 394. The average molecular weight is 234 g/mol. The molecule has 1 aromatic heterocycles. The summed E-state index contributed by atoms with van der Waals surface area (Å²) in [5.74, 6) is 0.876. The van der Waals surface area contributed by atoms with E-state index in [9.17, 15) is 5.11 Å². The number of anilines is 1. The lowest BCUT2D eigenvalue weighted by Crippen LogP contribution is -2.21. The third kappa shape index (κ3) is 3.56. The summed E-state index contributed by atoms with van der Waals surface area (Å²) in [6.45, 7) is 10.9. The van der Waals surface area contributed by atoms with E-state index in [1.807, 2.05) is 30.2 Å². The number of aliphatic hydroxyl groups excluding tert-OH is 1. The molecule has 0 aromatic carbocycles. The molecule has 0 radical (unpaired) electrons. The van der Waals surface area contributed by atoms with Crippen molar-refractivity contribution in [3.05, 3.63) is 36.0 Å². The Morgan fingerprint density at radius 1 is 1.41 bits per heavy atom. The highest BCUT2D eigenvalue weighted by atomic mass is 16.3. The van der Waals surface area contributed by atoms with Gasteiger partial charge in [-0.2, -0.15) is 0 Å². The molecule has 1 aromatic rings. The Labute approximate surface area is 104 Å². The van der Waals surface area contributed by atoms with Gasteiger partial charge in [-0.3, -0.25) is 0 Å². The number of rotatable bonds is 4. The predicted molar refractivity (Wildman–Crippen MR) is 72.3 cm³/mol. The van der Waals surface area contributed by atoms with E-state index < -0.39 is 0 Å². The Morgan fingerprint density at radius 3 is 2.53 bits per heavy atom. The maximum atomic E-state index is 9.30. The molecule has 1 heterocycles. The first-order chi connectivity index (χ1) is 7.88. The summed E-state index contributed by atoms with van der Waals surface area (Å²) < 4.78 is 0. The Balaban J connectivity index is 3.18. The fraction of sp³-hybridized carbons (Fsp3) is 0.500. The van der Waals surface area contributed by atoms with Gasteiger partial charge in [-0.15, -0.1) is 6.58 Å². The fourth-order valence-corrected chi connectivity index (χ4v) is 1.53. The first-order valence-corrected chi connectivity index (χ1v) is 5.83. The van der Waals surface area contributed by atoms with Crippen LogP contribution in [0.25, 0.3) is 0 Å². The van der Waals surface area contributed by atoms with Crippen LogP contribution in [0, 0.1) is 0 Å². The molecule has 0 atom stereocenters. The van der Waals surface area contributed by atoms with Crippen LogP contribution < -0.4 is 4.90 Å². The number of hydrogen-bond donors (Lipinski definition) is 1. The Kier molecular flexibility index (Phi) is 4.29. The minimum atomic E-state index is -0.0189. The summed E-state index contributed by atoms with van der Waals surface area (Å²) >= 11 is 0. The first kappa shape index (κ1) is 13.7. The van der Waals surface area contributed by atoms with E-state index in [2.05, 4.69) is 32.3 Å². The average Bonchev–Trinajstić information content (AvgIpc) is 2.27. The van der Waals surface area contributed by atoms with Crippen LogP contribution in [0.1, 0.15) is 32.0 Å². The summed E-state index contributed by atoms with van der Waals surface area (Å²) in [6.07, 6.45) is 1.84. The molecule has 94 valence electrons. The molecule has 0 aliphatic carbocycles. The molecule has 3 heteroatoms. The van der Waals surface area contributed by atoms with E-state index in [-0.39, 0.29) is 12.0 Å². The molecule has 1 rings (SSSR count). The summed E-state index contributed by atoms with van der Waals surface area (Å²) in [5, 5.41) is 9.30. The number of nitrogens with zero attached hydrogens (tertiary/aromatic N) is 2. The Morgan fingerprint density at radius 2 is 2.06 bits per heavy atom. The van der Waals surface area contributed by atoms with E-state index >= 15 is 0 Å². The second kappa shape index (κ2) is 5.32. The highest BCUT2D eigenvalue weighted by Gasteiger charge is 2.17. The highest BCUT2D eigenvalue weighted by molar-refractivity contribution is 5.43. The lowest BCUT2D eigenvalue weighted by atomic mass is 9.91. The van der Waals surface area contributed by atoms with E-state index in [4.69, 9.17) is 0 Å². The zero-order chi connectivity index (χ0) is 13.1. The standard InChI is InChI=1S/C14H22N2O/c1-6-7-16(5)13-9-11(10-17)8-12(15-13)14(2,3)4/h6,8-9,17H,1,7,10H2,2-5H3. The lowest BCUT2D eigenvalue weighted by Gasteiger charge is -2.23. The van der Waals surface area contributed by atoms with Crippen LogP contribution in [0.2, 0.25) is 0 Å². The van der Waals surface area contributed by atoms with Crippen molar-refractivity contribution in [1.82, 2.24) is 4.98 Å². The zero-order valence-corrected chi connectivity index (χ0v) is 11.2. The van der Waals surface area contributed by atoms with Crippen molar-refractivity contribution in [1.29, 1.82) is 0 Å². The number of aromatic nitrogens is 1. The maximum absolute atomic E-state index is 9.30. The van der Waals surface area contributed by atoms with Gasteiger partial charge in [0.05, 0.1) is 6.61 Å². The van der Waals surface area contributed by atoms with Crippen LogP contribution >= 0.6 is 0 Å². The third-order valence-corrected chi connectivity index (χ3v) is 2.62. The molecule has 0 fully saturated rings. The lowest BCUT2D eigenvalue weighted by molar-refractivity contribution is 0.281. The molecule has 0 unspecified atom stereocenters. The van der Waals surface area contributed by atoms with Crippen LogP contribution in [-0.2, 0) is 12.0 Å². The fourth-order valence-electron chi connectivity index (χ4n) is 1.53. The molecule has 0 aliphatic heterocycles. The molecule has 0 spiro atoms. The molecular weight excluding hydrogens is 212 g/mol. The SMILES string of the molecule is C=CCN(C)c1cc(CO)cc(C(C)(C)C)n1. The van der Waals surface area contributed by atoms with Crippen molar-refractivity contribution < 1.29 is 5.11 Å². The van der Waals surface area contributed by atoms with E-state index in [1.165, 1.54) is 0 Å². The zero-order valence-electron chi connectivity index (χ0n) is 11.2. The van der Waals surface area contributed by atoms with Crippen LogP contribution in [0.15, 0.2) is 24.8 Å². The molecule has 3 nitrogen and oxygen atoms in total. The van der Waals surface area contributed by atoms with Crippen molar-refractivity contribution in [3.63, 3.8) is 0 Å². The molecule has 0 bridgehead atoms. The number of aliphatic hydroxyl groups is 1. The minimum Gasteiger partial charge on any atom is -0.392 e. The van der Waals surface area contributed by atoms with Gasteiger partial charge in [-0.1, -0.05) is 26.8 Å². The topological polar surface area (TPSA) is 36.4 Å². The smallest absolute Gasteiger partial charge is 0.129 e. The third-order valence-electron chi connectivity index (χ3n) is 2.62. The van der Waals surface area contributed by atoms with Crippen LogP contribution in [0.5, 0.6) is 0 Å². The molecular formula is C14H22N2O. The van der Waals surface area contributed by atoms with Crippen LogP contribution in [0.3, 0.4) is 0 Å². The molecule has 0 aliphatic rings. The summed E-state index contributed by atoms with van der Waals surface area (Å²) in [4.78, 5) is 6.65.